The summed E-state index contributed by atoms with van der Waals surface area (Å²) in [5, 5.41) is 12.5. The summed E-state index contributed by atoms with van der Waals surface area (Å²) in [6.07, 6.45) is 0. The molecule has 0 atom stereocenters. The van der Waals surface area contributed by atoms with Crippen molar-refractivity contribution in [1.29, 1.82) is 5.26 Å². The molecule has 7 nitrogen and oxygen atoms in total. The Labute approximate surface area is 114 Å². The number of nitrogens with two attached hydrogens (primary N) is 2. The molecule has 0 aliphatic carbocycles. The maximum absolute atomic E-state index is 9.02. The number of hydrazine groups is 1. The highest BCUT2D eigenvalue weighted by atomic mass is 35.5. The summed E-state index contributed by atoms with van der Waals surface area (Å²) in [5.41, 5.74) is 8.87. The molecule has 1 aromatic heterocycles. The topological polar surface area (TPSA) is 126 Å². The lowest BCUT2D eigenvalue weighted by atomic mass is 10.2. The molecule has 0 aliphatic heterocycles. The van der Waals surface area contributed by atoms with Gasteiger partial charge in [-0.2, -0.15) is 15.2 Å². The first-order valence-corrected chi connectivity index (χ1v) is 5.58. The largest absolute Gasteiger partial charge is 0.368 e. The normalized spacial score (nSPS) is 9.74. The number of hydrogen-bond acceptors (Lipinski definition) is 7. The Kier molecular flexibility index (Phi) is 3.66. The van der Waals surface area contributed by atoms with Crippen LogP contribution in [-0.2, 0) is 0 Å². The number of rotatable bonds is 3. The average molecular weight is 276 g/mol. The van der Waals surface area contributed by atoms with Crippen LogP contribution in [-0.4, -0.2) is 9.97 Å². The Hall–Kier alpha value is -2.56. The zero-order chi connectivity index (χ0) is 13.8. The van der Waals surface area contributed by atoms with Gasteiger partial charge in [-0.25, -0.2) is 5.84 Å². The van der Waals surface area contributed by atoms with E-state index in [-0.39, 0.29) is 5.95 Å². The number of nitriles is 1. The van der Waals surface area contributed by atoms with Crippen LogP contribution in [0.15, 0.2) is 24.3 Å². The van der Waals surface area contributed by atoms with E-state index in [2.05, 4.69) is 26.8 Å². The Bertz CT molecular complexity index is 650. The molecule has 0 fully saturated rings. The third-order valence-electron chi connectivity index (χ3n) is 2.26. The fourth-order valence-corrected chi connectivity index (χ4v) is 1.63. The van der Waals surface area contributed by atoms with Crippen LogP contribution in [0, 0.1) is 11.3 Å². The second-order valence-corrected chi connectivity index (χ2v) is 4.00. The highest BCUT2D eigenvalue weighted by Gasteiger charge is 2.06. The number of nitrogen functional groups attached to an aromatic ring is 2. The quantitative estimate of drug-likeness (QED) is 0.495. The number of aromatic nitrogens is 2. The SMILES string of the molecule is N#Cc1ccc(Cl)cc1Nc1cc(NN)nc(N)n1. The highest BCUT2D eigenvalue weighted by molar-refractivity contribution is 6.30. The maximum Gasteiger partial charge on any atom is 0.223 e. The van der Waals surface area contributed by atoms with Gasteiger partial charge in [0.1, 0.15) is 17.7 Å². The van der Waals surface area contributed by atoms with Gasteiger partial charge in [0.05, 0.1) is 11.3 Å². The first-order chi connectivity index (χ1) is 9.12. The van der Waals surface area contributed by atoms with E-state index in [9.17, 15) is 0 Å². The lowest BCUT2D eigenvalue weighted by Gasteiger charge is -2.09. The lowest BCUT2D eigenvalue weighted by molar-refractivity contribution is 1.15. The van der Waals surface area contributed by atoms with Crippen LogP contribution in [0.25, 0.3) is 0 Å². The van der Waals surface area contributed by atoms with Gasteiger partial charge in [-0.05, 0) is 18.2 Å². The van der Waals surface area contributed by atoms with Crippen molar-refractivity contribution in [3.05, 3.63) is 34.9 Å². The molecule has 0 unspecified atom stereocenters. The summed E-state index contributed by atoms with van der Waals surface area (Å²) < 4.78 is 0. The Morgan fingerprint density at radius 1 is 1.21 bits per heavy atom. The molecule has 96 valence electrons. The molecule has 0 saturated heterocycles. The zero-order valence-electron chi connectivity index (χ0n) is 9.68. The molecular formula is C11H10ClN7. The molecule has 2 aromatic rings. The second-order valence-electron chi connectivity index (χ2n) is 3.57. The average Bonchev–Trinajstić information content (AvgIpc) is 2.38. The maximum atomic E-state index is 9.02. The minimum atomic E-state index is 0.0542. The summed E-state index contributed by atoms with van der Waals surface area (Å²) in [5.74, 6) is 6.08. The predicted octanol–water partition coefficient (Wildman–Crippen LogP) is 1.61. The number of benzene rings is 1. The number of hydrogen-bond donors (Lipinski definition) is 4. The van der Waals surface area contributed by atoms with Crippen LogP contribution < -0.4 is 22.3 Å². The second kappa shape index (κ2) is 5.39. The summed E-state index contributed by atoms with van der Waals surface area (Å²) in [6.45, 7) is 0. The van der Waals surface area contributed by atoms with Crippen molar-refractivity contribution in [1.82, 2.24) is 9.97 Å². The number of nitrogens with one attached hydrogen (secondary N) is 2. The van der Waals surface area contributed by atoms with Crippen LogP contribution in [0.3, 0.4) is 0 Å². The molecule has 1 heterocycles. The fourth-order valence-electron chi connectivity index (χ4n) is 1.46. The minimum absolute atomic E-state index is 0.0542. The van der Waals surface area contributed by atoms with Crippen LogP contribution in [0.2, 0.25) is 5.02 Å². The standard InChI is InChI=1S/C11H10ClN7/c12-7-2-1-6(5-13)8(3-7)16-9-4-10(19-15)18-11(14)17-9/h1-4H,15H2,(H4,14,16,17,18,19). The summed E-state index contributed by atoms with van der Waals surface area (Å²) >= 11 is 5.89. The van der Waals surface area contributed by atoms with E-state index >= 15 is 0 Å². The highest BCUT2D eigenvalue weighted by Crippen LogP contribution is 2.24. The summed E-state index contributed by atoms with van der Waals surface area (Å²) in [4.78, 5) is 7.84. The molecule has 6 N–H and O–H groups in total. The first kappa shape index (κ1) is 12.9. The molecule has 0 amide bonds. The predicted molar refractivity (Wildman–Crippen MR) is 73.7 cm³/mol. The third-order valence-corrected chi connectivity index (χ3v) is 2.49. The molecular weight excluding hydrogens is 266 g/mol. The van der Waals surface area contributed by atoms with Gasteiger partial charge in [-0.3, -0.25) is 0 Å². The summed E-state index contributed by atoms with van der Waals surface area (Å²) in [7, 11) is 0. The molecule has 0 aliphatic rings. The molecule has 0 spiro atoms. The van der Waals surface area contributed by atoms with Gasteiger partial charge in [0.25, 0.3) is 0 Å². The molecule has 0 radical (unpaired) electrons. The third kappa shape index (κ3) is 3.01. The van der Waals surface area contributed by atoms with Crippen molar-refractivity contribution in [3.63, 3.8) is 0 Å². The molecule has 1 aromatic carbocycles. The number of halogens is 1. The van der Waals surface area contributed by atoms with Crippen molar-refractivity contribution < 1.29 is 0 Å². The van der Waals surface area contributed by atoms with Crippen LogP contribution >= 0.6 is 11.6 Å². The monoisotopic (exact) mass is 275 g/mol. The molecule has 0 bridgehead atoms. The van der Waals surface area contributed by atoms with Crippen LogP contribution in [0.1, 0.15) is 5.56 Å². The van der Waals surface area contributed by atoms with Gasteiger partial charge >= 0.3 is 0 Å². The van der Waals surface area contributed by atoms with Gasteiger partial charge in [0.2, 0.25) is 5.95 Å². The molecule has 8 heteroatoms. The van der Waals surface area contributed by atoms with Crippen molar-refractivity contribution in [3.8, 4) is 6.07 Å². The van der Waals surface area contributed by atoms with E-state index < -0.39 is 0 Å². The summed E-state index contributed by atoms with van der Waals surface area (Å²) in [6, 6.07) is 8.46. The van der Waals surface area contributed by atoms with Crippen molar-refractivity contribution in [2.75, 3.05) is 16.5 Å². The number of nitrogens with zero attached hydrogens (tertiary/aromatic N) is 3. The van der Waals surface area contributed by atoms with Crippen LogP contribution in [0.4, 0.5) is 23.3 Å². The van der Waals surface area contributed by atoms with E-state index in [0.29, 0.717) is 27.9 Å². The van der Waals surface area contributed by atoms with Crippen molar-refractivity contribution in [2.45, 2.75) is 0 Å². The van der Waals surface area contributed by atoms with E-state index in [0.717, 1.165) is 0 Å². The minimum Gasteiger partial charge on any atom is -0.368 e. The van der Waals surface area contributed by atoms with Crippen molar-refractivity contribution in [2.24, 2.45) is 5.84 Å². The molecule has 19 heavy (non-hydrogen) atoms. The molecule has 0 saturated carbocycles. The first-order valence-electron chi connectivity index (χ1n) is 5.20. The smallest absolute Gasteiger partial charge is 0.223 e. The van der Waals surface area contributed by atoms with Crippen LogP contribution in [0.5, 0.6) is 0 Å². The van der Waals surface area contributed by atoms with Crippen molar-refractivity contribution >= 4 is 34.9 Å². The lowest BCUT2D eigenvalue weighted by Crippen LogP contribution is -2.11. The van der Waals surface area contributed by atoms with E-state index in [4.69, 9.17) is 28.4 Å². The van der Waals surface area contributed by atoms with Gasteiger partial charge in [0.15, 0.2) is 0 Å². The number of anilines is 4. The van der Waals surface area contributed by atoms with E-state index in [1.807, 2.05) is 0 Å². The Morgan fingerprint density at radius 3 is 2.63 bits per heavy atom. The fraction of sp³-hybridized carbons (Fsp3) is 0. The zero-order valence-corrected chi connectivity index (χ0v) is 10.4. The Balaban J connectivity index is 2.38. The van der Waals surface area contributed by atoms with E-state index in [1.165, 1.54) is 0 Å². The van der Waals surface area contributed by atoms with Gasteiger partial charge < -0.3 is 16.5 Å². The van der Waals surface area contributed by atoms with E-state index in [1.54, 1.807) is 24.3 Å². The van der Waals surface area contributed by atoms with Gasteiger partial charge in [-0.1, -0.05) is 11.6 Å². The van der Waals surface area contributed by atoms with Gasteiger partial charge in [0, 0.05) is 11.1 Å². The molecule has 2 rings (SSSR count). The van der Waals surface area contributed by atoms with Gasteiger partial charge in [-0.15, -0.1) is 0 Å². The Morgan fingerprint density at radius 2 is 1.95 bits per heavy atom.